The van der Waals surface area contributed by atoms with Crippen molar-refractivity contribution in [2.75, 3.05) is 13.1 Å². The van der Waals surface area contributed by atoms with Gasteiger partial charge in [-0.1, -0.05) is 6.07 Å². The first kappa shape index (κ1) is 16.4. The van der Waals surface area contributed by atoms with Crippen LogP contribution in [0.3, 0.4) is 0 Å². The molecule has 0 radical (unpaired) electrons. The Morgan fingerprint density at radius 2 is 1.81 bits per heavy atom. The van der Waals surface area contributed by atoms with Crippen molar-refractivity contribution in [3.63, 3.8) is 0 Å². The first-order chi connectivity index (χ1) is 12.6. The quantitative estimate of drug-likeness (QED) is 0.726. The number of hydrogen-bond donors (Lipinski definition) is 0. The molecule has 7 heteroatoms. The number of carbonyl (C=O) groups excluding carboxylic acids is 1. The topological polar surface area (TPSA) is 76.8 Å². The van der Waals surface area contributed by atoms with Crippen molar-refractivity contribution in [1.82, 2.24) is 29.6 Å². The summed E-state index contributed by atoms with van der Waals surface area (Å²) in [4.78, 5) is 23.9. The number of aryl methyl sites for hydroxylation is 2. The van der Waals surface area contributed by atoms with Gasteiger partial charge in [-0.05, 0) is 44.5 Å². The second kappa shape index (κ2) is 6.67. The molecule has 26 heavy (non-hydrogen) atoms. The van der Waals surface area contributed by atoms with Gasteiger partial charge in [-0.25, -0.2) is 9.97 Å². The molecule has 3 aromatic rings. The third kappa shape index (κ3) is 3.20. The maximum Gasteiger partial charge on any atom is 0.253 e. The molecule has 0 aliphatic carbocycles. The summed E-state index contributed by atoms with van der Waals surface area (Å²) >= 11 is 0. The summed E-state index contributed by atoms with van der Waals surface area (Å²) in [6.07, 6.45) is 4.12. The second-order valence-corrected chi connectivity index (χ2v) is 6.67. The van der Waals surface area contributed by atoms with Crippen LogP contribution in [0.25, 0.3) is 5.69 Å². The van der Waals surface area contributed by atoms with E-state index >= 15 is 0 Å². The van der Waals surface area contributed by atoms with Gasteiger partial charge in [-0.15, -0.1) is 10.2 Å². The van der Waals surface area contributed by atoms with Crippen LogP contribution in [0.1, 0.15) is 39.9 Å². The van der Waals surface area contributed by atoms with E-state index in [1.807, 2.05) is 49.1 Å². The normalized spacial score (nSPS) is 16.8. The molecule has 1 aromatic carbocycles. The zero-order chi connectivity index (χ0) is 18.1. The van der Waals surface area contributed by atoms with E-state index in [0.29, 0.717) is 12.1 Å². The van der Waals surface area contributed by atoms with E-state index in [-0.39, 0.29) is 11.8 Å². The number of likely N-dealkylation sites (tertiary alicyclic amines) is 1. The fraction of sp³-hybridized carbons (Fsp3) is 0.316. The van der Waals surface area contributed by atoms with Gasteiger partial charge in [-0.2, -0.15) is 0 Å². The minimum atomic E-state index is 0.0341. The van der Waals surface area contributed by atoms with E-state index in [1.54, 1.807) is 17.2 Å². The molecule has 7 nitrogen and oxygen atoms in total. The average Bonchev–Trinajstić information content (AvgIpc) is 3.32. The monoisotopic (exact) mass is 348 g/mol. The van der Waals surface area contributed by atoms with Crippen molar-refractivity contribution in [3.8, 4) is 5.69 Å². The Labute approximate surface area is 151 Å². The van der Waals surface area contributed by atoms with Gasteiger partial charge < -0.3 is 4.90 Å². The van der Waals surface area contributed by atoms with Crippen LogP contribution >= 0.6 is 0 Å². The first-order valence-electron chi connectivity index (χ1n) is 8.66. The summed E-state index contributed by atoms with van der Waals surface area (Å²) < 4.78 is 1.78. The lowest BCUT2D eigenvalue weighted by molar-refractivity contribution is 0.0790. The smallest absolute Gasteiger partial charge is 0.253 e. The lowest BCUT2D eigenvalue weighted by Gasteiger charge is -2.17. The summed E-state index contributed by atoms with van der Waals surface area (Å²) in [6.45, 7) is 5.33. The first-order valence-corrected chi connectivity index (χ1v) is 8.66. The third-order valence-electron chi connectivity index (χ3n) is 4.65. The fourth-order valence-electron chi connectivity index (χ4n) is 3.41. The molecule has 1 saturated heterocycles. The predicted octanol–water partition coefficient (Wildman–Crippen LogP) is 2.30. The van der Waals surface area contributed by atoms with Gasteiger partial charge in [0.2, 0.25) is 0 Å². The Balaban J connectivity index is 1.52. The molecule has 4 rings (SSSR count). The van der Waals surface area contributed by atoms with E-state index in [1.165, 1.54) is 0 Å². The molecule has 1 aliphatic heterocycles. The standard InChI is InChI=1S/C19H20N6O/c1-13-8-14(2)23-18(22-13)16-6-7-24(10-16)19(26)15-4-3-5-17(9-15)25-11-20-21-12-25/h3-5,8-9,11-12,16H,6-7,10H2,1-2H3/t16-/m1/s1. The zero-order valence-electron chi connectivity index (χ0n) is 14.8. The Bertz CT molecular complexity index is 917. The van der Waals surface area contributed by atoms with Crippen molar-refractivity contribution in [2.45, 2.75) is 26.2 Å². The van der Waals surface area contributed by atoms with Crippen LogP contribution in [0.4, 0.5) is 0 Å². The Hall–Kier alpha value is -3.09. The van der Waals surface area contributed by atoms with Crippen molar-refractivity contribution < 1.29 is 4.79 Å². The lowest BCUT2D eigenvalue weighted by atomic mass is 10.1. The summed E-state index contributed by atoms with van der Waals surface area (Å²) in [5.74, 6) is 1.07. The summed E-state index contributed by atoms with van der Waals surface area (Å²) in [5.41, 5.74) is 3.48. The van der Waals surface area contributed by atoms with Crippen LogP contribution in [-0.2, 0) is 0 Å². The highest BCUT2D eigenvalue weighted by atomic mass is 16.2. The van der Waals surface area contributed by atoms with Gasteiger partial charge in [-0.3, -0.25) is 9.36 Å². The molecule has 1 amide bonds. The molecule has 1 fully saturated rings. The number of carbonyl (C=O) groups is 1. The number of rotatable bonds is 3. The summed E-state index contributed by atoms with van der Waals surface area (Å²) in [5, 5.41) is 7.62. The number of aromatic nitrogens is 5. The SMILES string of the molecule is Cc1cc(C)nc([C@@H]2CCN(C(=O)c3cccc(-n4cnnc4)c3)C2)n1. The van der Waals surface area contributed by atoms with Crippen LogP contribution in [0.15, 0.2) is 43.0 Å². The van der Waals surface area contributed by atoms with Gasteiger partial charge in [0.1, 0.15) is 18.5 Å². The van der Waals surface area contributed by atoms with Crippen molar-refractivity contribution in [1.29, 1.82) is 0 Å². The Kier molecular flexibility index (Phi) is 4.20. The van der Waals surface area contributed by atoms with Gasteiger partial charge in [0.25, 0.3) is 5.91 Å². The largest absolute Gasteiger partial charge is 0.338 e. The molecule has 0 N–H and O–H groups in total. The predicted molar refractivity (Wildman–Crippen MR) is 96.1 cm³/mol. The van der Waals surface area contributed by atoms with E-state index in [9.17, 15) is 4.79 Å². The minimum absolute atomic E-state index is 0.0341. The van der Waals surface area contributed by atoms with Crippen molar-refractivity contribution >= 4 is 5.91 Å². The maximum atomic E-state index is 12.9. The van der Waals surface area contributed by atoms with Crippen molar-refractivity contribution in [2.24, 2.45) is 0 Å². The molecule has 0 unspecified atom stereocenters. The summed E-state index contributed by atoms with van der Waals surface area (Å²) in [6, 6.07) is 9.49. The highest BCUT2D eigenvalue weighted by molar-refractivity contribution is 5.95. The van der Waals surface area contributed by atoms with Crippen LogP contribution < -0.4 is 0 Å². The molecule has 0 bridgehead atoms. The van der Waals surface area contributed by atoms with E-state index < -0.39 is 0 Å². The highest BCUT2D eigenvalue weighted by Crippen LogP contribution is 2.26. The number of benzene rings is 1. The minimum Gasteiger partial charge on any atom is -0.338 e. The molecule has 2 aromatic heterocycles. The Morgan fingerprint density at radius 1 is 1.08 bits per heavy atom. The Morgan fingerprint density at radius 3 is 2.54 bits per heavy atom. The number of amides is 1. The average molecular weight is 348 g/mol. The summed E-state index contributed by atoms with van der Waals surface area (Å²) in [7, 11) is 0. The molecule has 3 heterocycles. The van der Waals surface area contributed by atoms with Gasteiger partial charge >= 0.3 is 0 Å². The van der Waals surface area contributed by atoms with Crippen molar-refractivity contribution in [3.05, 3.63) is 65.8 Å². The molecule has 1 aliphatic rings. The van der Waals surface area contributed by atoms with E-state index in [4.69, 9.17) is 0 Å². The molecular formula is C19H20N6O. The van der Waals surface area contributed by atoms with Crippen LogP contribution in [0.5, 0.6) is 0 Å². The van der Waals surface area contributed by atoms with Gasteiger partial charge in [0.05, 0.1) is 0 Å². The molecule has 0 spiro atoms. The molecule has 0 saturated carbocycles. The third-order valence-corrected chi connectivity index (χ3v) is 4.65. The number of hydrogen-bond acceptors (Lipinski definition) is 5. The van der Waals surface area contributed by atoms with Gasteiger partial charge in [0.15, 0.2) is 0 Å². The van der Waals surface area contributed by atoms with Crippen LogP contribution in [0.2, 0.25) is 0 Å². The van der Waals surface area contributed by atoms with E-state index in [2.05, 4.69) is 20.2 Å². The van der Waals surface area contributed by atoms with Crippen LogP contribution in [0, 0.1) is 13.8 Å². The van der Waals surface area contributed by atoms with Gasteiger partial charge in [0, 0.05) is 41.6 Å². The lowest BCUT2D eigenvalue weighted by Crippen LogP contribution is -2.28. The fourth-order valence-corrected chi connectivity index (χ4v) is 3.41. The second-order valence-electron chi connectivity index (χ2n) is 6.67. The van der Waals surface area contributed by atoms with Crippen LogP contribution in [-0.4, -0.2) is 48.6 Å². The number of nitrogens with zero attached hydrogens (tertiary/aromatic N) is 6. The molecular weight excluding hydrogens is 328 g/mol. The maximum absolute atomic E-state index is 12.9. The zero-order valence-corrected chi connectivity index (χ0v) is 14.8. The molecule has 1 atom stereocenters. The van der Waals surface area contributed by atoms with E-state index in [0.717, 1.165) is 35.9 Å². The highest BCUT2D eigenvalue weighted by Gasteiger charge is 2.30. The molecule has 132 valence electrons.